The van der Waals surface area contributed by atoms with Crippen LogP contribution in [0.1, 0.15) is 31.1 Å². The highest BCUT2D eigenvalue weighted by atomic mass is 35.5. The first-order valence-electron chi connectivity index (χ1n) is 5.01. The molecule has 4 nitrogen and oxygen atoms in total. The van der Waals surface area contributed by atoms with E-state index in [1.54, 1.807) is 25.0 Å². The van der Waals surface area contributed by atoms with Gasteiger partial charge in [0.25, 0.3) is 0 Å². The van der Waals surface area contributed by atoms with E-state index >= 15 is 0 Å². The Balaban J connectivity index is 2.31. The maximum atomic E-state index is 10.3. The van der Waals surface area contributed by atoms with Crippen LogP contribution >= 0.6 is 11.6 Å². The molecule has 1 aromatic rings. The molecule has 0 aliphatic heterocycles. The molecule has 0 amide bonds. The fourth-order valence-electron chi connectivity index (χ4n) is 2.09. The fraction of sp³-hybridized carbons (Fsp3) is 0.700. The average Bonchev–Trinajstić information content (AvgIpc) is 2.45. The molecule has 5 heteroatoms. The van der Waals surface area contributed by atoms with Crippen molar-refractivity contribution in [3.63, 3.8) is 0 Å². The lowest BCUT2D eigenvalue weighted by atomic mass is 9.75. The van der Waals surface area contributed by atoms with Gasteiger partial charge in [0.2, 0.25) is 0 Å². The topological polar surface area (TPSA) is 47.3 Å². The third-order valence-corrected chi connectivity index (χ3v) is 3.59. The highest BCUT2D eigenvalue weighted by Gasteiger charge is 2.46. The molecule has 1 aliphatic carbocycles. The van der Waals surface area contributed by atoms with Crippen LogP contribution in [0.15, 0.2) is 6.20 Å². The van der Waals surface area contributed by atoms with E-state index in [0.717, 1.165) is 19.3 Å². The minimum Gasteiger partial charge on any atom is -0.384 e. The minimum atomic E-state index is -0.698. The van der Waals surface area contributed by atoms with E-state index < -0.39 is 11.7 Å². The molecule has 0 aromatic carbocycles. The highest BCUT2D eigenvalue weighted by molar-refractivity contribution is 6.31. The summed E-state index contributed by atoms with van der Waals surface area (Å²) < 4.78 is 7.02. The van der Waals surface area contributed by atoms with E-state index in [-0.39, 0.29) is 0 Å². The van der Waals surface area contributed by atoms with Crippen molar-refractivity contribution in [1.82, 2.24) is 9.78 Å². The van der Waals surface area contributed by atoms with Gasteiger partial charge < -0.3 is 9.84 Å². The van der Waals surface area contributed by atoms with Crippen LogP contribution in [0.4, 0.5) is 0 Å². The zero-order valence-corrected chi connectivity index (χ0v) is 9.66. The summed E-state index contributed by atoms with van der Waals surface area (Å²) in [7, 11) is 3.40. The summed E-state index contributed by atoms with van der Waals surface area (Å²) in [6, 6.07) is 0. The standard InChI is InChI=1S/C10H15ClN2O2/c1-13-8(7(11)6-12-13)9(14)10(15-2)4-3-5-10/h6,9,14H,3-5H2,1-2H3. The number of ether oxygens (including phenoxy) is 1. The number of hydrogen-bond acceptors (Lipinski definition) is 3. The molecule has 1 fully saturated rings. The fourth-order valence-corrected chi connectivity index (χ4v) is 2.36. The van der Waals surface area contributed by atoms with E-state index in [2.05, 4.69) is 5.10 Å². The Morgan fingerprint density at radius 1 is 1.67 bits per heavy atom. The summed E-state index contributed by atoms with van der Waals surface area (Å²) in [5.74, 6) is 0. The Kier molecular flexibility index (Phi) is 2.75. The van der Waals surface area contributed by atoms with Gasteiger partial charge in [-0.1, -0.05) is 11.6 Å². The first-order valence-corrected chi connectivity index (χ1v) is 5.39. The summed E-state index contributed by atoms with van der Waals surface area (Å²) in [5, 5.41) is 14.8. The predicted octanol–water partition coefficient (Wildman–Crippen LogP) is 1.68. The van der Waals surface area contributed by atoms with E-state index in [9.17, 15) is 5.11 Å². The molecule has 1 aliphatic rings. The summed E-state index contributed by atoms with van der Waals surface area (Å²) in [6.45, 7) is 0. The Bertz CT molecular complexity index is 335. The van der Waals surface area contributed by atoms with Gasteiger partial charge >= 0.3 is 0 Å². The molecular formula is C10H15ClN2O2. The smallest absolute Gasteiger partial charge is 0.126 e. The van der Waals surface area contributed by atoms with Crippen LogP contribution in [0, 0.1) is 0 Å². The number of rotatable bonds is 3. The number of aliphatic hydroxyl groups excluding tert-OH is 1. The SMILES string of the molecule is COC1(C(O)c2c(Cl)cnn2C)CCC1. The second kappa shape index (κ2) is 3.77. The lowest BCUT2D eigenvalue weighted by Gasteiger charge is -2.44. The molecule has 1 atom stereocenters. The zero-order chi connectivity index (χ0) is 11.1. The molecule has 15 heavy (non-hydrogen) atoms. The van der Waals surface area contributed by atoms with Crippen LogP contribution < -0.4 is 0 Å². The Morgan fingerprint density at radius 3 is 2.67 bits per heavy atom. The second-order valence-corrected chi connectivity index (χ2v) is 4.43. The lowest BCUT2D eigenvalue weighted by Crippen LogP contribution is -2.45. The van der Waals surface area contributed by atoms with Crippen molar-refractivity contribution in [2.24, 2.45) is 7.05 Å². The first-order chi connectivity index (χ1) is 7.10. The van der Waals surface area contributed by atoms with Crippen LogP contribution in [0.5, 0.6) is 0 Å². The second-order valence-electron chi connectivity index (χ2n) is 4.03. The maximum Gasteiger partial charge on any atom is 0.126 e. The summed E-state index contributed by atoms with van der Waals surface area (Å²) >= 11 is 5.99. The molecule has 1 heterocycles. The van der Waals surface area contributed by atoms with Crippen LogP contribution in [0.2, 0.25) is 5.02 Å². The van der Waals surface area contributed by atoms with Crippen molar-refractivity contribution >= 4 is 11.6 Å². The van der Waals surface area contributed by atoms with Gasteiger partial charge in [0.1, 0.15) is 6.10 Å². The molecule has 0 spiro atoms. The third-order valence-electron chi connectivity index (χ3n) is 3.30. The number of aryl methyl sites for hydroxylation is 1. The van der Waals surface area contributed by atoms with Crippen LogP contribution in [-0.2, 0) is 11.8 Å². The number of aliphatic hydroxyl groups is 1. The molecule has 1 saturated carbocycles. The highest BCUT2D eigenvalue weighted by Crippen LogP contribution is 2.45. The van der Waals surface area contributed by atoms with Gasteiger partial charge in [0, 0.05) is 14.2 Å². The maximum absolute atomic E-state index is 10.3. The van der Waals surface area contributed by atoms with E-state index in [0.29, 0.717) is 10.7 Å². The Labute approximate surface area is 93.8 Å². The lowest BCUT2D eigenvalue weighted by molar-refractivity contribution is -0.154. The Hall–Kier alpha value is -0.580. The van der Waals surface area contributed by atoms with Crippen molar-refractivity contribution in [3.8, 4) is 0 Å². The molecule has 1 unspecified atom stereocenters. The average molecular weight is 231 g/mol. The van der Waals surface area contributed by atoms with Crippen molar-refractivity contribution in [1.29, 1.82) is 0 Å². The number of methoxy groups -OCH3 is 1. The van der Waals surface area contributed by atoms with Gasteiger partial charge in [0.15, 0.2) is 0 Å². The van der Waals surface area contributed by atoms with Crippen molar-refractivity contribution in [2.75, 3.05) is 7.11 Å². The molecule has 1 aromatic heterocycles. The normalized spacial score (nSPS) is 21.1. The van der Waals surface area contributed by atoms with E-state index in [1.165, 1.54) is 0 Å². The quantitative estimate of drug-likeness (QED) is 0.860. The largest absolute Gasteiger partial charge is 0.384 e. The molecule has 2 rings (SSSR count). The molecule has 84 valence electrons. The van der Waals surface area contributed by atoms with E-state index in [1.807, 2.05) is 0 Å². The van der Waals surface area contributed by atoms with Crippen molar-refractivity contribution < 1.29 is 9.84 Å². The summed E-state index contributed by atoms with van der Waals surface area (Å²) in [4.78, 5) is 0. The van der Waals surface area contributed by atoms with Gasteiger partial charge in [-0.25, -0.2) is 0 Å². The zero-order valence-electron chi connectivity index (χ0n) is 8.90. The Morgan fingerprint density at radius 2 is 2.33 bits per heavy atom. The monoisotopic (exact) mass is 230 g/mol. The van der Waals surface area contributed by atoms with Crippen LogP contribution in [0.3, 0.4) is 0 Å². The van der Waals surface area contributed by atoms with Gasteiger partial charge in [-0.2, -0.15) is 5.10 Å². The number of nitrogens with zero attached hydrogens (tertiary/aromatic N) is 2. The van der Waals surface area contributed by atoms with Crippen molar-refractivity contribution in [3.05, 3.63) is 16.9 Å². The van der Waals surface area contributed by atoms with Gasteiger partial charge in [-0.05, 0) is 19.3 Å². The number of hydrogen-bond donors (Lipinski definition) is 1. The van der Waals surface area contributed by atoms with Gasteiger partial charge in [0.05, 0.1) is 22.5 Å². The van der Waals surface area contributed by atoms with Gasteiger partial charge in [-0.15, -0.1) is 0 Å². The predicted molar refractivity (Wildman–Crippen MR) is 56.8 cm³/mol. The summed E-state index contributed by atoms with van der Waals surface area (Å²) in [5.41, 5.74) is 0.176. The minimum absolute atomic E-state index is 0.461. The van der Waals surface area contributed by atoms with Crippen LogP contribution in [-0.4, -0.2) is 27.6 Å². The molecule has 0 saturated heterocycles. The van der Waals surface area contributed by atoms with Crippen molar-refractivity contribution in [2.45, 2.75) is 31.0 Å². The number of halogens is 1. The van der Waals surface area contributed by atoms with E-state index in [4.69, 9.17) is 16.3 Å². The molecule has 0 bridgehead atoms. The number of aromatic nitrogens is 2. The first kappa shape index (κ1) is 10.9. The van der Waals surface area contributed by atoms with Crippen LogP contribution in [0.25, 0.3) is 0 Å². The third kappa shape index (κ3) is 1.57. The molecular weight excluding hydrogens is 216 g/mol. The van der Waals surface area contributed by atoms with Gasteiger partial charge in [-0.3, -0.25) is 4.68 Å². The molecule has 1 N–H and O–H groups in total. The molecule has 0 radical (unpaired) electrons. The summed E-state index contributed by atoms with van der Waals surface area (Å²) in [6.07, 6.45) is 3.66.